The van der Waals surface area contributed by atoms with Gasteiger partial charge in [0, 0.05) is 24.5 Å². The number of ketones is 1. The Bertz CT molecular complexity index is 718. The molecular formula is C14H13F2N3O2. The minimum atomic E-state index is -0.973. The van der Waals surface area contributed by atoms with Crippen LogP contribution in [-0.2, 0) is 11.8 Å². The second-order valence-corrected chi connectivity index (χ2v) is 4.61. The van der Waals surface area contributed by atoms with Crippen LogP contribution in [0.3, 0.4) is 0 Å². The fraction of sp³-hybridized carbons (Fsp3) is 0.214. The summed E-state index contributed by atoms with van der Waals surface area (Å²) >= 11 is 0. The van der Waals surface area contributed by atoms with Crippen LogP contribution < -0.4 is 5.32 Å². The van der Waals surface area contributed by atoms with Gasteiger partial charge in [0.05, 0.1) is 11.3 Å². The lowest BCUT2D eigenvalue weighted by Gasteiger charge is -2.05. The molecule has 0 aliphatic rings. The van der Waals surface area contributed by atoms with Gasteiger partial charge in [-0.25, -0.2) is 8.78 Å². The molecule has 0 aliphatic heterocycles. The summed E-state index contributed by atoms with van der Waals surface area (Å²) in [6, 6.07) is 2.53. The maximum atomic E-state index is 13.0. The minimum Gasteiger partial charge on any atom is -0.319 e. The molecule has 2 aromatic rings. The maximum absolute atomic E-state index is 13.0. The molecule has 1 aromatic carbocycles. The summed E-state index contributed by atoms with van der Waals surface area (Å²) in [7, 11) is 1.65. The van der Waals surface area contributed by atoms with Crippen LogP contribution >= 0.6 is 0 Å². The van der Waals surface area contributed by atoms with Crippen molar-refractivity contribution in [2.45, 2.75) is 13.8 Å². The van der Waals surface area contributed by atoms with E-state index in [-0.39, 0.29) is 11.3 Å². The number of hydrogen-bond acceptors (Lipinski definition) is 3. The second kappa shape index (κ2) is 5.43. The highest BCUT2D eigenvalue weighted by molar-refractivity contribution is 6.47. The third-order valence-corrected chi connectivity index (χ3v) is 3.06. The fourth-order valence-electron chi connectivity index (χ4n) is 2.03. The molecule has 1 aromatic heterocycles. The molecule has 0 unspecified atom stereocenters. The maximum Gasteiger partial charge on any atom is 0.296 e. The second-order valence-electron chi connectivity index (χ2n) is 4.61. The topological polar surface area (TPSA) is 64.0 Å². The Kier molecular flexibility index (Phi) is 3.84. The molecule has 0 saturated carbocycles. The highest BCUT2D eigenvalue weighted by Gasteiger charge is 2.24. The zero-order valence-corrected chi connectivity index (χ0v) is 11.7. The number of nitrogens with zero attached hydrogens (tertiary/aromatic N) is 2. The van der Waals surface area contributed by atoms with Gasteiger partial charge in [-0.3, -0.25) is 14.3 Å². The predicted octanol–water partition coefficient (Wildman–Crippen LogP) is 2.14. The zero-order chi connectivity index (χ0) is 15.7. The van der Waals surface area contributed by atoms with E-state index in [0.29, 0.717) is 17.5 Å². The Morgan fingerprint density at radius 2 is 1.71 bits per heavy atom. The molecule has 5 nitrogen and oxygen atoms in total. The number of carbonyl (C=O) groups is 2. The number of aromatic nitrogens is 2. The molecule has 0 fully saturated rings. The Hall–Kier alpha value is -2.57. The van der Waals surface area contributed by atoms with Crippen molar-refractivity contribution in [1.29, 1.82) is 0 Å². The van der Waals surface area contributed by atoms with Crippen molar-refractivity contribution in [3.8, 4) is 0 Å². The summed E-state index contributed by atoms with van der Waals surface area (Å²) in [5.74, 6) is -3.46. The van der Waals surface area contributed by atoms with Crippen molar-refractivity contribution >= 4 is 17.4 Å². The predicted molar refractivity (Wildman–Crippen MR) is 72.0 cm³/mol. The first-order valence-electron chi connectivity index (χ1n) is 6.11. The Morgan fingerprint density at radius 3 is 2.19 bits per heavy atom. The lowest BCUT2D eigenvalue weighted by molar-refractivity contribution is -0.112. The van der Waals surface area contributed by atoms with Crippen LogP contribution in [0.25, 0.3) is 0 Å². The van der Waals surface area contributed by atoms with Crippen LogP contribution in [0, 0.1) is 25.5 Å². The number of rotatable bonds is 3. The standard InChI is InChI=1S/C14H13F2N3O2/c1-7-12(8(2)19(3)18-7)13(20)14(21)17-11-5-9(15)4-10(16)6-11/h4-6H,1-3H3,(H,17,21). The van der Waals surface area contributed by atoms with E-state index < -0.39 is 23.3 Å². The third-order valence-electron chi connectivity index (χ3n) is 3.06. The van der Waals surface area contributed by atoms with E-state index in [2.05, 4.69) is 10.4 Å². The lowest BCUT2D eigenvalue weighted by Crippen LogP contribution is -2.24. The van der Waals surface area contributed by atoms with Crippen molar-refractivity contribution < 1.29 is 18.4 Å². The molecule has 0 aliphatic carbocycles. The molecule has 1 N–H and O–H groups in total. The smallest absolute Gasteiger partial charge is 0.296 e. The SMILES string of the molecule is Cc1nn(C)c(C)c1C(=O)C(=O)Nc1cc(F)cc(F)c1. The number of aryl methyl sites for hydroxylation is 2. The number of carbonyl (C=O) groups excluding carboxylic acids is 2. The first-order chi connectivity index (χ1) is 9.79. The third kappa shape index (κ3) is 2.96. The highest BCUT2D eigenvalue weighted by Crippen LogP contribution is 2.16. The van der Waals surface area contributed by atoms with Crippen LogP contribution in [0.5, 0.6) is 0 Å². The van der Waals surface area contributed by atoms with E-state index in [1.54, 1.807) is 20.9 Å². The van der Waals surface area contributed by atoms with Crippen LogP contribution in [0.15, 0.2) is 18.2 Å². The van der Waals surface area contributed by atoms with Gasteiger partial charge in [0.15, 0.2) is 0 Å². The van der Waals surface area contributed by atoms with Gasteiger partial charge in [-0.05, 0) is 26.0 Å². The van der Waals surface area contributed by atoms with Crippen LogP contribution in [0.2, 0.25) is 0 Å². The fourth-order valence-corrected chi connectivity index (χ4v) is 2.03. The Labute approximate surface area is 119 Å². The first kappa shape index (κ1) is 14.8. The molecular weight excluding hydrogens is 280 g/mol. The molecule has 21 heavy (non-hydrogen) atoms. The zero-order valence-electron chi connectivity index (χ0n) is 11.7. The van der Waals surface area contributed by atoms with E-state index in [4.69, 9.17) is 0 Å². The molecule has 0 bridgehead atoms. The number of Topliss-reactive ketones (excluding diaryl/α,β-unsaturated/α-hetero) is 1. The number of nitrogens with one attached hydrogen (secondary N) is 1. The van der Waals surface area contributed by atoms with Crippen LogP contribution in [-0.4, -0.2) is 21.5 Å². The van der Waals surface area contributed by atoms with E-state index in [1.165, 1.54) is 4.68 Å². The molecule has 110 valence electrons. The average Bonchev–Trinajstić information content (AvgIpc) is 2.61. The monoisotopic (exact) mass is 293 g/mol. The largest absolute Gasteiger partial charge is 0.319 e. The van der Waals surface area contributed by atoms with E-state index in [1.807, 2.05) is 0 Å². The summed E-state index contributed by atoms with van der Waals surface area (Å²) in [5, 5.41) is 6.23. The van der Waals surface area contributed by atoms with Crippen molar-refractivity contribution in [2.75, 3.05) is 5.32 Å². The van der Waals surface area contributed by atoms with Crippen LogP contribution in [0.4, 0.5) is 14.5 Å². The molecule has 0 saturated heterocycles. The molecule has 0 radical (unpaired) electrons. The number of amides is 1. The van der Waals surface area contributed by atoms with Crippen LogP contribution in [0.1, 0.15) is 21.7 Å². The van der Waals surface area contributed by atoms with Gasteiger partial charge in [0.1, 0.15) is 11.6 Å². The quantitative estimate of drug-likeness (QED) is 0.696. The Morgan fingerprint density at radius 1 is 1.14 bits per heavy atom. The summed E-state index contributed by atoms with van der Waals surface area (Å²) in [5.41, 5.74) is 1.02. The van der Waals surface area contributed by atoms with Crippen molar-refractivity contribution in [3.63, 3.8) is 0 Å². The van der Waals surface area contributed by atoms with Gasteiger partial charge in [-0.15, -0.1) is 0 Å². The normalized spacial score (nSPS) is 10.5. The average molecular weight is 293 g/mol. The Balaban J connectivity index is 2.26. The molecule has 7 heteroatoms. The molecule has 0 atom stereocenters. The molecule has 1 heterocycles. The lowest BCUT2D eigenvalue weighted by atomic mass is 10.1. The van der Waals surface area contributed by atoms with Gasteiger partial charge < -0.3 is 5.32 Å². The first-order valence-corrected chi connectivity index (χ1v) is 6.11. The number of benzene rings is 1. The summed E-state index contributed by atoms with van der Waals surface area (Å²) < 4.78 is 27.6. The van der Waals surface area contributed by atoms with E-state index in [0.717, 1.165) is 12.1 Å². The van der Waals surface area contributed by atoms with Gasteiger partial charge in [-0.1, -0.05) is 0 Å². The summed E-state index contributed by atoms with van der Waals surface area (Å²) in [6.45, 7) is 3.26. The minimum absolute atomic E-state index is 0.120. The van der Waals surface area contributed by atoms with Crippen molar-refractivity contribution in [3.05, 3.63) is 46.8 Å². The van der Waals surface area contributed by atoms with E-state index in [9.17, 15) is 18.4 Å². The summed E-state index contributed by atoms with van der Waals surface area (Å²) in [6.07, 6.45) is 0. The van der Waals surface area contributed by atoms with E-state index >= 15 is 0 Å². The molecule has 0 spiro atoms. The van der Waals surface area contributed by atoms with Crippen molar-refractivity contribution in [1.82, 2.24) is 9.78 Å². The molecule has 1 amide bonds. The van der Waals surface area contributed by atoms with Gasteiger partial charge in [0.25, 0.3) is 11.7 Å². The van der Waals surface area contributed by atoms with Gasteiger partial charge in [-0.2, -0.15) is 5.10 Å². The number of halogens is 2. The highest BCUT2D eigenvalue weighted by atomic mass is 19.1. The van der Waals surface area contributed by atoms with Gasteiger partial charge >= 0.3 is 0 Å². The summed E-state index contributed by atoms with van der Waals surface area (Å²) in [4.78, 5) is 24.0. The molecule has 2 rings (SSSR count). The van der Waals surface area contributed by atoms with Crippen molar-refractivity contribution in [2.24, 2.45) is 7.05 Å². The number of hydrogen-bond donors (Lipinski definition) is 1. The number of anilines is 1. The van der Waals surface area contributed by atoms with Gasteiger partial charge in [0.2, 0.25) is 0 Å².